The molecule has 0 amide bonds. The maximum absolute atomic E-state index is 13.3. The average Bonchev–Trinajstić information content (AvgIpc) is 2.82. The SMILES string of the molecule is CCOC(=O)c1c(C)[nH]c(C(=O)Oc2cc(F)ccc2[N+](=O)[O-])c1C. The average molecular weight is 350 g/mol. The molecule has 0 aliphatic rings. The number of aromatic amines is 1. The molecule has 0 saturated heterocycles. The van der Waals surface area contributed by atoms with Gasteiger partial charge < -0.3 is 14.5 Å². The van der Waals surface area contributed by atoms with E-state index in [2.05, 4.69) is 4.98 Å². The van der Waals surface area contributed by atoms with Gasteiger partial charge in [0.2, 0.25) is 5.75 Å². The summed E-state index contributed by atoms with van der Waals surface area (Å²) in [6, 6.07) is 2.53. The normalized spacial score (nSPS) is 10.4. The number of benzene rings is 1. The lowest BCUT2D eigenvalue weighted by Gasteiger charge is -2.05. The third-order valence-corrected chi connectivity index (χ3v) is 3.44. The van der Waals surface area contributed by atoms with Crippen LogP contribution in [0.3, 0.4) is 0 Å². The molecule has 2 aromatic rings. The van der Waals surface area contributed by atoms with Crippen LogP contribution in [0.15, 0.2) is 18.2 Å². The van der Waals surface area contributed by atoms with Gasteiger partial charge in [0.1, 0.15) is 11.5 Å². The molecule has 0 bridgehead atoms. The van der Waals surface area contributed by atoms with E-state index in [1.807, 2.05) is 0 Å². The molecule has 1 aromatic carbocycles. The van der Waals surface area contributed by atoms with Gasteiger partial charge in [-0.05, 0) is 32.4 Å². The van der Waals surface area contributed by atoms with Crippen LogP contribution in [0.25, 0.3) is 0 Å². The number of aromatic nitrogens is 1. The zero-order valence-corrected chi connectivity index (χ0v) is 13.7. The second-order valence-corrected chi connectivity index (χ2v) is 5.10. The number of hydrogen-bond acceptors (Lipinski definition) is 6. The number of halogens is 1. The maximum atomic E-state index is 13.3. The molecule has 0 spiro atoms. The van der Waals surface area contributed by atoms with Gasteiger partial charge in [-0.2, -0.15) is 0 Å². The highest BCUT2D eigenvalue weighted by Gasteiger charge is 2.26. The van der Waals surface area contributed by atoms with Gasteiger partial charge >= 0.3 is 17.6 Å². The zero-order valence-electron chi connectivity index (χ0n) is 13.7. The van der Waals surface area contributed by atoms with Crippen molar-refractivity contribution in [2.24, 2.45) is 0 Å². The Balaban J connectivity index is 2.37. The highest BCUT2D eigenvalue weighted by Crippen LogP contribution is 2.29. The first-order valence-corrected chi connectivity index (χ1v) is 7.28. The van der Waals surface area contributed by atoms with Crippen LogP contribution in [-0.2, 0) is 4.74 Å². The van der Waals surface area contributed by atoms with Gasteiger partial charge in [0.05, 0.1) is 17.1 Å². The largest absolute Gasteiger partial charge is 0.462 e. The van der Waals surface area contributed by atoms with Crippen LogP contribution in [0.1, 0.15) is 39.0 Å². The first-order chi connectivity index (χ1) is 11.8. The second-order valence-electron chi connectivity index (χ2n) is 5.10. The van der Waals surface area contributed by atoms with Crippen molar-refractivity contribution in [1.29, 1.82) is 0 Å². The number of nitro benzene ring substituents is 1. The number of carbonyl (C=O) groups is 2. The van der Waals surface area contributed by atoms with Crippen LogP contribution in [0.4, 0.5) is 10.1 Å². The second kappa shape index (κ2) is 7.12. The number of carbonyl (C=O) groups excluding carboxylic acids is 2. The Kier molecular flexibility index (Phi) is 5.16. The monoisotopic (exact) mass is 350 g/mol. The highest BCUT2D eigenvalue weighted by atomic mass is 19.1. The van der Waals surface area contributed by atoms with Crippen molar-refractivity contribution < 1.29 is 28.4 Å². The summed E-state index contributed by atoms with van der Waals surface area (Å²) in [7, 11) is 0. The molecule has 0 fully saturated rings. The molecule has 8 nitrogen and oxygen atoms in total. The topological polar surface area (TPSA) is 112 Å². The van der Waals surface area contributed by atoms with E-state index >= 15 is 0 Å². The lowest BCUT2D eigenvalue weighted by Crippen LogP contribution is -2.12. The van der Waals surface area contributed by atoms with Crippen molar-refractivity contribution >= 4 is 17.6 Å². The Morgan fingerprint density at radius 1 is 1.28 bits per heavy atom. The van der Waals surface area contributed by atoms with E-state index in [4.69, 9.17) is 9.47 Å². The lowest BCUT2D eigenvalue weighted by molar-refractivity contribution is -0.385. The molecule has 0 aliphatic heterocycles. The van der Waals surface area contributed by atoms with Crippen molar-refractivity contribution in [3.8, 4) is 5.75 Å². The zero-order chi connectivity index (χ0) is 18.7. The van der Waals surface area contributed by atoms with Gasteiger partial charge in [-0.1, -0.05) is 0 Å². The van der Waals surface area contributed by atoms with Crippen LogP contribution in [0.2, 0.25) is 0 Å². The molecule has 0 aliphatic carbocycles. The van der Waals surface area contributed by atoms with Gasteiger partial charge in [-0.3, -0.25) is 10.1 Å². The standard InChI is InChI=1S/C16H15FN2O6/c1-4-24-15(20)13-8(2)14(18-9(13)3)16(21)25-12-7-10(17)5-6-11(12)19(22)23/h5-7,18H,4H2,1-3H3. The minimum atomic E-state index is -0.982. The number of nitrogens with one attached hydrogen (secondary N) is 1. The van der Waals surface area contributed by atoms with Gasteiger partial charge in [0, 0.05) is 17.8 Å². The van der Waals surface area contributed by atoms with E-state index < -0.39 is 34.1 Å². The highest BCUT2D eigenvalue weighted by molar-refractivity contribution is 5.99. The fourth-order valence-corrected chi connectivity index (χ4v) is 2.34. The Hall–Kier alpha value is -3.23. The number of ether oxygens (including phenoxy) is 2. The molecule has 1 heterocycles. The van der Waals surface area contributed by atoms with Gasteiger partial charge in [0.15, 0.2) is 0 Å². The van der Waals surface area contributed by atoms with Gasteiger partial charge in [0.25, 0.3) is 0 Å². The Morgan fingerprint density at radius 3 is 2.56 bits per heavy atom. The Bertz CT molecular complexity index is 859. The third-order valence-electron chi connectivity index (χ3n) is 3.44. The minimum Gasteiger partial charge on any atom is -0.462 e. The van der Waals surface area contributed by atoms with Crippen LogP contribution in [-0.4, -0.2) is 28.5 Å². The summed E-state index contributed by atoms with van der Waals surface area (Å²) in [5, 5.41) is 11.0. The predicted octanol–water partition coefficient (Wildman–Crippen LogP) is 3.07. The summed E-state index contributed by atoms with van der Waals surface area (Å²) in [6.45, 7) is 4.89. The number of nitro groups is 1. The number of nitrogens with zero attached hydrogens (tertiary/aromatic N) is 1. The molecule has 0 atom stereocenters. The first-order valence-electron chi connectivity index (χ1n) is 7.28. The molecule has 2 rings (SSSR count). The molecule has 9 heteroatoms. The number of aryl methyl sites for hydroxylation is 1. The lowest BCUT2D eigenvalue weighted by atomic mass is 10.1. The van der Waals surface area contributed by atoms with E-state index in [0.717, 1.165) is 18.2 Å². The molecule has 25 heavy (non-hydrogen) atoms. The van der Waals surface area contributed by atoms with Crippen molar-refractivity contribution in [2.45, 2.75) is 20.8 Å². The summed E-state index contributed by atoms with van der Waals surface area (Å²) in [5.74, 6) is -2.91. The Morgan fingerprint density at radius 2 is 1.96 bits per heavy atom. The van der Waals surface area contributed by atoms with Crippen molar-refractivity contribution in [1.82, 2.24) is 4.98 Å². The molecule has 0 saturated carbocycles. The Labute approximate surface area is 141 Å². The van der Waals surface area contributed by atoms with Crippen molar-refractivity contribution in [3.63, 3.8) is 0 Å². The molecule has 1 N–H and O–H groups in total. The summed E-state index contributed by atoms with van der Waals surface area (Å²) >= 11 is 0. The van der Waals surface area contributed by atoms with E-state index in [-0.39, 0.29) is 23.4 Å². The van der Waals surface area contributed by atoms with E-state index in [0.29, 0.717) is 5.69 Å². The predicted molar refractivity (Wildman–Crippen MR) is 84.2 cm³/mol. The first kappa shape index (κ1) is 18.1. The molecular formula is C16H15FN2O6. The summed E-state index contributed by atoms with van der Waals surface area (Å²) in [4.78, 5) is 37.1. The van der Waals surface area contributed by atoms with Crippen LogP contribution in [0.5, 0.6) is 5.75 Å². The third kappa shape index (κ3) is 3.65. The van der Waals surface area contributed by atoms with Crippen molar-refractivity contribution in [3.05, 3.63) is 56.6 Å². The number of rotatable bonds is 5. The van der Waals surface area contributed by atoms with Crippen LogP contribution >= 0.6 is 0 Å². The molecule has 132 valence electrons. The van der Waals surface area contributed by atoms with E-state index in [9.17, 15) is 24.1 Å². The summed E-state index contributed by atoms with van der Waals surface area (Å²) in [6.07, 6.45) is 0. The van der Waals surface area contributed by atoms with Crippen LogP contribution < -0.4 is 4.74 Å². The minimum absolute atomic E-state index is 0.0703. The van der Waals surface area contributed by atoms with Gasteiger partial charge in [-0.25, -0.2) is 14.0 Å². The smallest absolute Gasteiger partial charge is 0.360 e. The number of H-pyrrole nitrogens is 1. The van der Waals surface area contributed by atoms with Crippen molar-refractivity contribution in [2.75, 3.05) is 6.61 Å². The molecule has 0 unspecified atom stereocenters. The molecule has 1 aromatic heterocycles. The van der Waals surface area contributed by atoms with E-state index in [1.165, 1.54) is 6.92 Å². The summed E-state index contributed by atoms with van der Waals surface area (Å²) in [5.41, 5.74) is 0.222. The van der Waals surface area contributed by atoms with Crippen LogP contribution in [0, 0.1) is 29.8 Å². The van der Waals surface area contributed by atoms with Gasteiger partial charge in [-0.15, -0.1) is 0 Å². The van der Waals surface area contributed by atoms with E-state index in [1.54, 1.807) is 13.8 Å². The fraction of sp³-hybridized carbons (Fsp3) is 0.250. The molecule has 0 radical (unpaired) electrons. The molecular weight excluding hydrogens is 335 g/mol. The number of hydrogen-bond donors (Lipinski definition) is 1. The summed E-state index contributed by atoms with van der Waals surface area (Å²) < 4.78 is 23.2. The maximum Gasteiger partial charge on any atom is 0.360 e. The fourth-order valence-electron chi connectivity index (χ4n) is 2.34. The number of esters is 2. The quantitative estimate of drug-likeness (QED) is 0.384.